The number of alkyl halides is 3. The van der Waals surface area contributed by atoms with Gasteiger partial charge < -0.3 is 0 Å². The average molecular weight is 390 g/mol. The van der Waals surface area contributed by atoms with Crippen LogP contribution in [0, 0.1) is 35.5 Å². The lowest BCUT2D eigenvalue weighted by Gasteiger charge is -2.37. The number of carbonyl (C=O) groups is 3. The fraction of sp³-hybridized carbons (Fsp3) is 0.450. The van der Waals surface area contributed by atoms with Crippen LogP contribution in [0.3, 0.4) is 0 Å². The van der Waals surface area contributed by atoms with Gasteiger partial charge in [0.1, 0.15) is 6.67 Å². The molecule has 1 aromatic carbocycles. The normalized spacial score (nSPS) is 35.0. The van der Waals surface area contributed by atoms with Crippen LogP contribution in [0.25, 0.3) is 0 Å². The Hall–Kier alpha value is -2.64. The summed E-state index contributed by atoms with van der Waals surface area (Å²) in [6, 6.07) is 7.30. The van der Waals surface area contributed by atoms with Crippen molar-refractivity contribution in [1.82, 2.24) is 4.90 Å². The molecular formula is C20H17F3N2O3. The molecule has 1 aliphatic heterocycles. The molecule has 6 atom stereocenters. The first-order chi connectivity index (χ1) is 13.3. The van der Waals surface area contributed by atoms with E-state index >= 15 is 0 Å². The van der Waals surface area contributed by atoms with Gasteiger partial charge in [-0.2, -0.15) is 13.2 Å². The highest BCUT2D eigenvalue weighted by molar-refractivity contribution is 6.07. The van der Waals surface area contributed by atoms with Crippen molar-refractivity contribution >= 4 is 23.4 Å². The van der Waals surface area contributed by atoms with E-state index in [0.29, 0.717) is 16.7 Å². The van der Waals surface area contributed by atoms with Gasteiger partial charge in [-0.1, -0.05) is 30.4 Å². The number of para-hydroxylation sites is 1. The van der Waals surface area contributed by atoms with Gasteiger partial charge in [0, 0.05) is 5.69 Å². The van der Waals surface area contributed by atoms with Gasteiger partial charge in [0.25, 0.3) is 0 Å². The highest BCUT2D eigenvalue weighted by Crippen LogP contribution is 2.65. The minimum atomic E-state index is -5.11. The van der Waals surface area contributed by atoms with Crippen molar-refractivity contribution < 1.29 is 27.6 Å². The number of nitrogens with zero attached hydrogens (tertiary/aromatic N) is 2. The maximum Gasteiger partial charge on any atom is 0.471 e. The highest BCUT2D eigenvalue weighted by atomic mass is 19.4. The topological polar surface area (TPSA) is 57.7 Å². The number of carbonyl (C=O) groups excluding carboxylic acids is 3. The number of rotatable bonds is 3. The van der Waals surface area contributed by atoms with Crippen molar-refractivity contribution in [2.45, 2.75) is 12.6 Å². The number of anilines is 1. The van der Waals surface area contributed by atoms with E-state index in [1.807, 2.05) is 12.2 Å². The van der Waals surface area contributed by atoms with Crippen LogP contribution in [0.1, 0.15) is 6.42 Å². The van der Waals surface area contributed by atoms with Crippen molar-refractivity contribution in [2.75, 3.05) is 11.6 Å². The van der Waals surface area contributed by atoms with Gasteiger partial charge in [-0.05, 0) is 42.2 Å². The molecule has 146 valence electrons. The van der Waals surface area contributed by atoms with Crippen molar-refractivity contribution in [3.63, 3.8) is 0 Å². The molecule has 6 rings (SSSR count). The van der Waals surface area contributed by atoms with E-state index in [-0.39, 0.29) is 17.5 Å². The smallest absolute Gasteiger partial charge is 0.286 e. The first-order valence-electron chi connectivity index (χ1n) is 9.26. The number of allylic oxidation sites excluding steroid dienone is 2. The van der Waals surface area contributed by atoms with Gasteiger partial charge in [-0.15, -0.1) is 0 Å². The third-order valence-electron chi connectivity index (χ3n) is 6.59. The Morgan fingerprint density at radius 1 is 1.00 bits per heavy atom. The lowest BCUT2D eigenvalue weighted by molar-refractivity contribution is -0.171. The van der Waals surface area contributed by atoms with E-state index in [1.165, 1.54) is 24.3 Å². The van der Waals surface area contributed by atoms with Crippen molar-refractivity contribution in [3.8, 4) is 0 Å². The maximum absolute atomic E-state index is 13.2. The van der Waals surface area contributed by atoms with Crippen molar-refractivity contribution in [3.05, 3.63) is 42.5 Å². The third kappa shape index (κ3) is 2.36. The second kappa shape index (κ2) is 5.68. The minimum Gasteiger partial charge on any atom is -0.286 e. The maximum atomic E-state index is 13.2. The number of hydrogen-bond donors (Lipinski definition) is 0. The summed E-state index contributed by atoms with van der Waals surface area (Å²) >= 11 is 0. The number of halogens is 3. The number of hydrogen-bond acceptors (Lipinski definition) is 3. The quantitative estimate of drug-likeness (QED) is 0.589. The van der Waals surface area contributed by atoms with Gasteiger partial charge in [0.2, 0.25) is 11.8 Å². The van der Waals surface area contributed by atoms with Crippen molar-refractivity contribution in [2.24, 2.45) is 35.5 Å². The Morgan fingerprint density at radius 3 is 2.04 bits per heavy atom. The summed E-state index contributed by atoms with van der Waals surface area (Å²) in [5, 5.41) is 0. The molecule has 2 saturated carbocycles. The fourth-order valence-corrected chi connectivity index (χ4v) is 5.32. The summed E-state index contributed by atoms with van der Waals surface area (Å²) < 4.78 is 39.5. The number of imide groups is 1. The van der Waals surface area contributed by atoms with Crippen LogP contribution >= 0.6 is 0 Å². The molecule has 0 N–H and O–H groups in total. The summed E-state index contributed by atoms with van der Waals surface area (Å²) in [6.07, 6.45) is -0.135. The Kier molecular flexibility index (Phi) is 3.54. The molecule has 5 aliphatic rings. The van der Waals surface area contributed by atoms with E-state index in [2.05, 4.69) is 0 Å². The molecule has 1 saturated heterocycles. The Labute approximate surface area is 158 Å². The van der Waals surface area contributed by atoms with Crippen molar-refractivity contribution in [1.29, 1.82) is 0 Å². The van der Waals surface area contributed by atoms with Crippen LogP contribution in [-0.2, 0) is 14.4 Å². The molecule has 2 bridgehead atoms. The van der Waals surface area contributed by atoms with E-state index < -0.39 is 42.4 Å². The zero-order chi connectivity index (χ0) is 19.8. The second-order valence-corrected chi connectivity index (χ2v) is 7.97. The number of benzene rings is 1. The van der Waals surface area contributed by atoms with Crippen LogP contribution < -0.4 is 4.90 Å². The highest BCUT2D eigenvalue weighted by Gasteiger charge is 2.67. The predicted molar refractivity (Wildman–Crippen MR) is 91.4 cm³/mol. The second-order valence-electron chi connectivity index (χ2n) is 7.97. The lowest BCUT2D eigenvalue weighted by Crippen LogP contribution is -2.49. The monoisotopic (exact) mass is 390 g/mol. The summed E-state index contributed by atoms with van der Waals surface area (Å²) in [6.45, 7) is -0.720. The SMILES string of the molecule is O=C1[C@H]2[C@@H]3C=C[C@H]([C@H]4C[C@H]34)[C@@H]2C(=O)N1CN(C(=O)C(F)(F)F)c1ccccc1. The summed E-state index contributed by atoms with van der Waals surface area (Å²) in [4.78, 5) is 39.3. The molecule has 1 heterocycles. The first kappa shape index (κ1) is 17.5. The molecule has 0 unspecified atom stereocenters. The standard InChI is InChI=1S/C20H17F3N2O3/c21-20(22,23)19(28)24(10-4-2-1-3-5-10)9-25-17(26)15-11-6-7-12(14-8-13(11)14)16(15)18(25)27/h1-7,11-16H,8-9H2/t11-,12-,13-,14-,15+,16+/m1/s1. The van der Waals surface area contributed by atoms with Crippen LogP contribution in [0.5, 0.6) is 0 Å². The fourth-order valence-electron chi connectivity index (χ4n) is 5.32. The zero-order valence-corrected chi connectivity index (χ0v) is 14.7. The average Bonchev–Trinajstić information content (AvgIpc) is 3.45. The number of likely N-dealkylation sites (tertiary alicyclic amines) is 1. The summed E-state index contributed by atoms with van der Waals surface area (Å²) in [5.41, 5.74) is -0.00996. The van der Waals surface area contributed by atoms with Crippen LogP contribution in [-0.4, -0.2) is 35.5 Å². The van der Waals surface area contributed by atoms with E-state index in [9.17, 15) is 27.6 Å². The van der Waals surface area contributed by atoms with Crippen LogP contribution in [0.2, 0.25) is 0 Å². The molecule has 0 spiro atoms. The van der Waals surface area contributed by atoms with E-state index in [0.717, 1.165) is 11.3 Å². The largest absolute Gasteiger partial charge is 0.471 e. The molecule has 0 aromatic heterocycles. The predicted octanol–water partition coefficient (Wildman–Crippen LogP) is 2.59. The molecule has 8 heteroatoms. The molecule has 5 nitrogen and oxygen atoms in total. The molecule has 1 aromatic rings. The van der Waals surface area contributed by atoms with E-state index in [1.54, 1.807) is 6.07 Å². The molecule has 3 fully saturated rings. The first-order valence-corrected chi connectivity index (χ1v) is 9.26. The molecule has 28 heavy (non-hydrogen) atoms. The Balaban J connectivity index is 1.46. The minimum absolute atomic E-state index is 0.00996. The van der Waals surface area contributed by atoms with Gasteiger partial charge in [-0.3, -0.25) is 24.2 Å². The van der Waals surface area contributed by atoms with Crippen LogP contribution in [0.4, 0.5) is 18.9 Å². The lowest BCUT2D eigenvalue weighted by atomic mass is 9.63. The van der Waals surface area contributed by atoms with Gasteiger partial charge >= 0.3 is 12.1 Å². The summed E-state index contributed by atoms with van der Waals surface area (Å²) in [7, 11) is 0. The summed E-state index contributed by atoms with van der Waals surface area (Å²) in [5.74, 6) is -3.29. The van der Waals surface area contributed by atoms with E-state index in [4.69, 9.17) is 0 Å². The number of amides is 3. The molecular weight excluding hydrogens is 373 g/mol. The molecule has 3 amide bonds. The Morgan fingerprint density at radius 2 is 1.54 bits per heavy atom. The van der Waals surface area contributed by atoms with Gasteiger partial charge in [0.05, 0.1) is 11.8 Å². The van der Waals surface area contributed by atoms with Gasteiger partial charge in [-0.25, -0.2) is 0 Å². The zero-order valence-electron chi connectivity index (χ0n) is 14.7. The molecule has 4 aliphatic carbocycles. The Bertz CT molecular complexity index is 862. The third-order valence-corrected chi connectivity index (χ3v) is 6.59. The molecule has 0 radical (unpaired) electrons. The van der Waals surface area contributed by atoms with Gasteiger partial charge in [0.15, 0.2) is 0 Å². The van der Waals surface area contributed by atoms with Crippen LogP contribution in [0.15, 0.2) is 42.5 Å².